The Morgan fingerprint density at radius 3 is 2.32 bits per heavy atom. The summed E-state index contributed by atoms with van der Waals surface area (Å²) in [6.45, 7) is 3.56. The van der Waals surface area contributed by atoms with E-state index in [2.05, 4.69) is 27.3 Å². The molecule has 5 nitrogen and oxygen atoms in total. The van der Waals surface area contributed by atoms with Crippen LogP contribution in [0.3, 0.4) is 0 Å². The number of aromatic carboxylic acids is 1. The van der Waals surface area contributed by atoms with Gasteiger partial charge in [0.1, 0.15) is 0 Å². The van der Waals surface area contributed by atoms with Gasteiger partial charge in [0.2, 0.25) is 0 Å². The highest BCUT2D eigenvalue weighted by atomic mass is 127. The molecule has 0 saturated heterocycles. The van der Waals surface area contributed by atoms with Crippen molar-refractivity contribution in [2.75, 3.05) is 4.72 Å². The van der Waals surface area contributed by atoms with Crippen molar-refractivity contribution < 1.29 is 18.3 Å². The number of sulfonamides is 1. The Balaban J connectivity index is 2.44. The number of hydrogen-bond acceptors (Lipinski definition) is 3. The van der Waals surface area contributed by atoms with Crippen molar-refractivity contribution in [1.29, 1.82) is 0 Å². The van der Waals surface area contributed by atoms with Crippen molar-refractivity contribution in [3.8, 4) is 0 Å². The molecule has 0 aliphatic rings. The van der Waals surface area contributed by atoms with E-state index in [1.54, 1.807) is 19.1 Å². The highest BCUT2D eigenvalue weighted by Crippen LogP contribution is 2.23. The molecule has 2 aromatic carbocycles. The first-order valence-electron chi connectivity index (χ1n) is 6.33. The molecular weight excluding hydrogens is 417 g/mol. The molecule has 116 valence electrons. The van der Waals surface area contributed by atoms with Crippen molar-refractivity contribution in [2.24, 2.45) is 0 Å². The highest BCUT2D eigenvalue weighted by Gasteiger charge is 2.19. The quantitative estimate of drug-likeness (QED) is 0.727. The molecular formula is C15H14INO4S. The van der Waals surface area contributed by atoms with E-state index in [0.717, 1.165) is 9.13 Å². The van der Waals surface area contributed by atoms with Gasteiger partial charge in [0.25, 0.3) is 10.0 Å². The fraction of sp³-hybridized carbons (Fsp3) is 0.133. The number of halogens is 1. The van der Waals surface area contributed by atoms with Crippen LogP contribution in [-0.2, 0) is 10.0 Å². The van der Waals surface area contributed by atoms with Crippen LogP contribution in [0.5, 0.6) is 0 Å². The molecule has 0 saturated carbocycles. The second-order valence-corrected chi connectivity index (χ2v) is 7.67. The minimum Gasteiger partial charge on any atom is -0.478 e. The Morgan fingerprint density at radius 1 is 1.09 bits per heavy atom. The van der Waals surface area contributed by atoms with Crippen LogP contribution in [0.4, 0.5) is 5.69 Å². The van der Waals surface area contributed by atoms with E-state index in [1.807, 2.05) is 13.0 Å². The van der Waals surface area contributed by atoms with E-state index in [9.17, 15) is 13.2 Å². The van der Waals surface area contributed by atoms with Crippen LogP contribution in [0.25, 0.3) is 0 Å². The number of rotatable bonds is 4. The molecule has 0 atom stereocenters. The Morgan fingerprint density at radius 2 is 1.73 bits per heavy atom. The normalized spacial score (nSPS) is 11.2. The summed E-state index contributed by atoms with van der Waals surface area (Å²) in [7, 11) is -3.85. The molecule has 0 aliphatic heterocycles. The SMILES string of the molecule is Cc1ccc(NS(=O)(=O)c2cc(C(=O)O)ccc2C)cc1I. The summed E-state index contributed by atoms with van der Waals surface area (Å²) in [4.78, 5) is 11.0. The summed E-state index contributed by atoms with van der Waals surface area (Å²) >= 11 is 2.12. The first-order valence-corrected chi connectivity index (χ1v) is 8.90. The highest BCUT2D eigenvalue weighted by molar-refractivity contribution is 14.1. The van der Waals surface area contributed by atoms with Crippen molar-refractivity contribution in [3.05, 3.63) is 56.7 Å². The lowest BCUT2D eigenvalue weighted by molar-refractivity contribution is 0.0696. The molecule has 0 aliphatic carbocycles. The zero-order valence-electron chi connectivity index (χ0n) is 11.9. The van der Waals surface area contributed by atoms with E-state index < -0.39 is 16.0 Å². The molecule has 2 N–H and O–H groups in total. The fourth-order valence-electron chi connectivity index (χ4n) is 1.89. The summed E-state index contributed by atoms with van der Waals surface area (Å²) in [5.41, 5.74) is 1.91. The third-order valence-electron chi connectivity index (χ3n) is 3.15. The van der Waals surface area contributed by atoms with Gasteiger partial charge >= 0.3 is 5.97 Å². The summed E-state index contributed by atoms with van der Waals surface area (Å²) in [5, 5.41) is 9.01. The van der Waals surface area contributed by atoms with E-state index in [4.69, 9.17) is 5.11 Å². The van der Waals surface area contributed by atoms with Gasteiger partial charge in [-0.1, -0.05) is 12.1 Å². The fourth-order valence-corrected chi connectivity index (χ4v) is 3.73. The van der Waals surface area contributed by atoms with Crippen molar-refractivity contribution >= 4 is 44.3 Å². The number of carbonyl (C=O) groups is 1. The number of nitrogens with one attached hydrogen (secondary N) is 1. The average Bonchev–Trinajstić information content (AvgIpc) is 2.42. The van der Waals surface area contributed by atoms with Crippen LogP contribution in [0.2, 0.25) is 0 Å². The minimum absolute atomic E-state index is 0.0389. The van der Waals surface area contributed by atoms with Gasteiger partial charge < -0.3 is 5.11 Å². The third-order valence-corrected chi connectivity index (χ3v) is 5.83. The summed E-state index contributed by atoms with van der Waals surface area (Å²) < 4.78 is 28.4. The molecule has 7 heteroatoms. The van der Waals surface area contributed by atoms with E-state index >= 15 is 0 Å². The Bertz CT molecular complexity index is 847. The summed E-state index contributed by atoms with van der Waals surface area (Å²) in [5.74, 6) is -1.17. The number of anilines is 1. The first-order chi connectivity index (χ1) is 10.2. The molecule has 0 aromatic heterocycles. The molecule has 0 unspecified atom stereocenters. The molecule has 0 amide bonds. The maximum Gasteiger partial charge on any atom is 0.335 e. The molecule has 0 radical (unpaired) electrons. The molecule has 0 bridgehead atoms. The maximum absolute atomic E-state index is 12.5. The number of carboxylic acids is 1. The van der Waals surface area contributed by atoms with Crippen LogP contribution in [0, 0.1) is 17.4 Å². The Kier molecular flexibility index (Phi) is 4.76. The molecule has 0 fully saturated rings. The summed E-state index contributed by atoms with van der Waals surface area (Å²) in [6, 6.07) is 9.25. The Labute approximate surface area is 142 Å². The number of carboxylic acid groups (broad SMARTS) is 1. The zero-order valence-corrected chi connectivity index (χ0v) is 14.9. The molecule has 2 rings (SSSR count). The van der Waals surface area contributed by atoms with E-state index in [-0.39, 0.29) is 10.5 Å². The van der Waals surface area contributed by atoms with Crippen LogP contribution in [0.15, 0.2) is 41.3 Å². The van der Waals surface area contributed by atoms with Crippen molar-refractivity contribution in [3.63, 3.8) is 0 Å². The van der Waals surface area contributed by atoms with Crippen LogP contribution in [0.1, 0.15) is 21.5 Å². The standard InChI is InChI=1S/C15H14INO4S/c1-9-4-6-12(8-13(9)16)17-22(20,21)14-7-11(15(18)19)5-3-10(14)2/h3-8,17H,1-2H3,(H,18,19). The van der Waals surface area contributed by atoms with E-state index in [0.29, 0.717) is 11.3 Å². The lowest BCUT2D eigenvalue weighted by Crippen LogP contribution is -2.15. The minimum atomic E-state index is -3.85. The second-order valence-electron chi connectivity index (χ2n) is 4.85. The monoisotopic (exact) mass is 431 g/mol. The van der Waals surface area contributed by atoms with Crippen LogP contribution < -0.4 is 4.72 Å². The van der Waals surface area contributed by atoms with Gasteiger partial charge in [-0.2, -0.15) is 0 Å². The lowest BCUT2D eigenvalue weighted by Gasteiger charge is -2.12. The average molecular weight is 431 g/mol. The van der Waals surface area contributed by atoms with E-state index in [1.165, 1.54) is 18.2 Å². The predicted molar refractivity (Wildman–Crippen MR) is 92.8 cm³/mol. The van der Waals surface area contributed by atoms with Gasteiger partial charge in [0, 0.05) is 9.26 Å². The third kappa shape index (κ3) is 3.58. The van der Waals surface area contributed by atoms with Gasteiger partial charge in [-0.15, -0.1) is 0 Å². The van der Waals surface area contributed by atoms with Crippen molar-refractivity contribution in [2.45, 2.75) is 18.7 Å². The number of benzene rings is 2. The molecule has 0 heterocycles. The van der Waals surface area contributed by atoms with Crippen molar-refractivity contribution in [1.82, 2.24) is 0 Å². The molecule has 0 spiro atoms. The van der Waals surface area contributed by atoms with Gasteiger partial charge in [0.15, 0.2) is 0 Å². The Hall–Kier alpha value is -1.61. The zero-order chi connectivity index (χ0) is 16.5. The predicted octanol–water partition coefficient (Wildman–Crippen LogP) is 3.41. The first kappa shape index (κ1) is 16.8. The van der Waals surface area contributed by atoms with Crippen LogP contribution in [-0.4, -0.2) is 19.5 Å². The van der Waals surface area contributed by atoms with Gasteiger partial charge in [-0.3, -0.25) is 4.72 Å². The van der Waals surface area contributed by atoms with Gasteiger partial charge in [-0.25, -0.2) is 13.2 Å². The maximum atomic E-state index is 12.5. The van der Waals surface area contributed by atoms with Gasteiger partial charge in [-0.05, 0) is 71.8 Å². The molecule has 2 aromatic rings. The summed E-state index contributed by atoms with van der Waals surface area (Å²) in [6.07, 6.45) is 0. The second kappa shape index (κ2) is 6.25. The van der Waals surface area contributed by atoms with Gasteiger partial charge in [0.05, 0.1) is 10.5 Å². The smallest absolute Gasteiger partial charge is 0.335 e. The topological polar surface area (TPSA) is 83.5 Å². The number of aryl methyl sites for hydroxylation is 2. The lowest BCUT2D eigenvalue weighted by atomic mass is 10.1. The largest absolute Gasteiger partial charge is 0.478 e. The number of hydrogen-bond donors (Lipinski definition) is 2. The molecule has 22 heavy (non-hydrogen) atoms. The van der Waals surface area contributed by atoms with Crippen LogP contribution >= 0.6 is 22.6 Å².